The zero-order valence-electron chi connectivity index (χ0n) is 12.3. The quantitative estimate of drug-likeness (QED) is 0.666. The fourth-order valence-corrected chi connectivity index (χ4v) is 2.34. The summed E-state index contributed by atoms with van der Waals surface area (Å²) in [6, 6.07) is 9.97. The molecule has 0 saturated carbocycles. The number of hydrogen-bond acceptors (Lipinski definition) is 4. The topological polar surface area (TPSA) is 55.4 Å². The van der Waals surface area contributed by atoms with Crippen LogP contribution in [0, 0.1) is 0 Å². The molecule has 1 atom stereocenters. The van der Waals surface area contributed by atoms with Crippen molar-refractivity contribution >= 4 is 27.7 Å². The van der Waals surface area contributed by atoms with E-state index in [9.17, 15) is 9.59 Å². The number of ether oxygens (including phenoxy) is 1. The molecule has 0 spiro atoms. The van der Waals surface area contributed by atoms with E-state index in [0.717, 1.165) is 18.3 Å². The highest BCUT2D eigenvalue weighted by atomic mass is 79.9. The second-order valence-corrected chi connectivity index (χ2v) is 5.27. The average Bonchev–Trinajstić information content (AvgIpc) is 2.51. The molecule has 5 heteroatoms. The number of benzene rings is 1. The van der Waals surface area contributed by atoms with Crippen molar-refractivity contribution in [1.82, 2.24) is 5.32 Å². The van der Waals surface area contributed by atoms with Gasteiger partial charge in [0, 0.05) is 11.8 Å². The zero-order valence-corrected chi connectivity index (χ0v) is 13.9. The number of carbonyl (C=O) groups is 2. The number of rotatable bonds is 4. The van der Waals surface area contributed by atoms with Gasteiger partial charge in [0.2, 0.25) is 0 Å². The predicted octanol–water partition coefficient (Wildman–Crippen LogP) is 2.84. The molecule has 1 saturated heterocycles. The Balaban J connectivity index is 0.000000235. The summed E-state index contributed by atoms with van der Waals surface area (Å²) in [5.41, 5.74) is 1.33. The van der Waals surface area contributed by atoms with Crippen molar-refractivity contribution < 1.29 is 14.3 Å². The minimum atomic E-state index is -0.312. The summed E-state index contributed by atoms with van der Waals surface area (Å²) in [6.07, 6.45) is 1.63. The highest BCUT2D eigenvalue weighted by Gasteiger charge is 2.24. The molecule has 1 aromatic carbocycles. The summed E-state index contributed by atoms with van der Waals surface area (Å²) < 4.78 is 4.76. The maximum absolute atomic E-state index is 11.3. The first-order valence-electron chi connectivity index (χ1n) is 7.19. The first-order valence-corrected chi connectivity index (χ1v) is 8.31. The van der Waals surface area contributed by atoms with Crippen molar-refractivity contribution in [2.45, 2.75) is 37.6 Å². The van der Waals surface area contributed by atoms with Crippen molar-refractivity contribution in [1.29, 1.82) is 0 Å². The van der Waals surface area contributed by atoms with E-state index in [-0.39, 0.29) is 24.2 Å². The lowest BCUT2D eigenvalue weighted by Gasteiger charge is -2.21. The van der Waals surface area contributed by atoms with Gasteiger partial charge in [0.15, 0.2) is 0 Å². The molecule has 21 heavy (non-hydrogen) atoms. The summed E-state index contributed by atoms with van der Waals surface area (Å²) in [5, 5.41) is 3.96. The molecule has 1 fully saturated rings. The Morgan fingerprint density at radius 2 is 2.10 bits per heavy atom. The fourth-order valence-electron chi connectivity index (χ4n) is 1.97. The van der Waals surface area contributed by atoms with Gasteiger partial charge in [-0.1, -0.05) is 46.3 Å². The van der Waals surface area contributed by atoms with Gasteiger partial charge >= 0.3 is 5.97 Å². The number of carbonyl (C=O) groups excluding carboxylic acids is 2. The molecule has 116 valence electrons. The Hall–Kier alpha value is -1.20. The molecular formula is C16H22BrNO3. The first-order chi connectivity index (χ1) is 10.2. The monoisotopic (exact) mass is 355 g/mol. The largest absolute Gasteiger partial charge is 0.466 e. The van der Waals surface area contributed by atoms with Crippen LogP contribution in [0.4, 0.5) is 0 Å². The molecule has 0 radical (unpaired) electrons. The molecule has 0 aromatic heterocycles. The van der Waals surface area contributed by atoms with Crippen LogP contribution in [0.25, 0.3) is 0 Å². The van der Waals surface area contributed by atoms with Gasteiger partial charge in [-0.15, -0.1) is 0 Å². The Morgan fingerprint density at radius 3 is 2.62 bits per heavy atom. The number of esters is 1. The van der Waals surface area contributed by atoms with Crippen LogP contribution in [0.1, 0.15) is 31.7 Å². The van der Waals surface area contributed by atoms with Crippen LogP contribution in [-0.4, -0.2) is 30.9 Å². The van der Waals surface area contributed by atoms with Gasteiger partial charge < -0.3 is 10.1 Å². The normalized spacial score (nSPS) is 17.6. The molecule has 1 aromatic rings. The van der Waals surface area contributed by atoms with Crippen LogP contribution in [0.15, 0.2) is 30.3 Å². The van der Waals surface area contributed by atoms with E-state index in [0.29, 0.717) is 13.0 Å². The third kappa shape index (κ3) is 7.39. The first kappa shape index (κ1) is 17.9. The molecule has 4 nitrogen and oxygen atoms in total. The molecule has 1 aliphatic rings. The highest BCUT2D eigenvalue weighted by Crippen LogP contribution is 2.07. The summed E-state index contributed by atoms with van der Waals surface area (Å²) >= 11 is 3.36. The molecule has 0 aliphatic carbocycles. The van der Waals surface area contributed by atoms with E-state index in [1.54, 1.807) is 6.92 Å². The van der Waals surface area contributed by atoms with Gasteiger partial charge in [0.25, 0.3) is 0 Å². The average molecular weight is 356 g/mol. The third-order valence-electron chi connectivity index (χ3n) is 3.05. The number of piperidine rings is 1. The number of nitrogens with one attached hydrogen (secondary N) is 1. The lowest BCUT2D eigenvalue weighted by atomic mass is 10.0. The maximum atomic E-state index is 11.3. The van der Waals surface area contributed by atoms with Crippen LogP contribution in [0.3, 0.4) is 0 Å². The predicted molar refractivity (Wildman–Crippen MR) is 86.4 cm³/mol. The SMILES string of the molecule is BrCc1ccccc1.CCOC(=O)CC1NCCCC1=O. The maximum Gasteiger partial charge on any atom is 0.307 e. The number of ketones is 1. The summed E-state index contributed by atoms with van der Waals surface area (Å²) in [5.74, 6) is -0.172. The van der Waals surface area contributed by atoms with Gasteiger partial charge in [0.1, 0.15) is 5.78 Å². The Labute approximate surface area is 134 Å². The van der Waals surface area contributed by atoms with E-state index in [1.165, 1.54) is 5.56 Å². The number of alkyl halides is 1. The van der Waals surface area contributed by atoms with Gasteiger partial charge in [-0.25, -0.2) is 0 Å². The van der Waals surface area contributed by atoms with Gasteiger partial charge in [-0.3, -0.25) is 9.59 Å². The van der Waals surface area contributed by atoms with E-state index in [4.69, 9.17) is 4.74 Å². The van der Waals surface area contributed by atoms with Crippen molar-refractivity contribution in [3.63, 3.8) is 0 Å². The molecule has 2 rings (SSSR count). The van der Waals surface area contributed by atoms with Crippen LogP contribution in [0.5, 0.6) is 0 Å². The molecular weight excluding hydrogens is 334 g/mol. The summed E-state index contributed by atoms with van der Waals surface area (Å²) in [4.78, 5) is 22.3. The van der Waals surface area contributed by atoms with Crippen molar-refractivity contribution in [3.05, 3.63) is 35.9 Å². The number of halogens is 1. The van der Waals surface area contributed by atoms with Crippen molar-refractivity contribution in [2.75, 3.05) is 13.2 Å². The van der Waals surface area contributed by atoms with Crippen LogP contribution >= 0.6 is 15.9 Å². The number of Topliss-reactive ketones (excluding diaryl/α,β-unsaturated/α-hetero) is 1. The Morgan fingerprint density at radius 1 is 1.38 bits per heavy atom. The second kappa shape index (κ2) is 10.5. The lowest BCUT2D eigenvalue weighted by molar-refractivity contribution is -0.145. The molecule has 1 heterocycles. The Bertz CT molecular complexity index is 436. The van der Waals surface area contributed by atoms with Gasteiger partial charge in [0.05, 0.1) is 19.1 Å². The number of hydrogen-bond donors (Lipinski definition) is 1. The van der Waals surface area contributed by atoms with Gasteiger partial charge in [-0.2, -0.15) is 0 Å². The lowest BCUT2D eigenvalue weighted by Crippen LogP contribution is -2.43. The van der Waals surface area contributed by atoms with E-state index in [1.807, 2.05) is 18.2 Å². The fraction of sp³-hybridized carbons (Fsp3) is 0.500. The van der Waals surface area contributed by atoms with Gasteiger partial charge in [-0.05, 0) is 25.5 Å². The van der Waals surface area contributed by atoms with E-state index < -0.39 is 0 Å². The Kier molecular flexibility index (Phi) is 8.94. The molecule has 1 N–H and O–H groups in total. The second-order valence-electron chi connectivity index (χ2n) is 4.70. The standard InChI is InChI=1S/C9H15NO3.C7H7Br/c1-2-13-9(12)6-7-8(11)4-3-5-10-7;8-6-7-4-2-1-3-5-7/h7,10H,2-6H2,1H3;1-5H,6H2. The molecule has 1 unspecified atom stereocenters. The van der Waals surface area contributed by atoms with E-state index in [2.05, 4.69) is 33.4 Å². The van der Waals surface area contributed by atoms with Crippen molar-refractivity contribution in [3.8, 4) is 0 Å². The van der Waals surface area contributed by atoms with E-state index >= 15 is 0 Å². The van der Waals surface area contributed by atoms with Crippen molar-refractivity contribution in [2.24, 2.45) is 0 Å². The minimum Gasteiger partial charge on any atom is -0.466 e. The summed E-state index contributed by atoms with van der Waals surface area (Å²) in [6.45, 7) is 2.95. The molecule has 0 bridgehead atoms. The zero-order chi connectivity index (χ0) is 15.5. The molecule has 1 aliphatic heterocycles. The smallest absolute Gasteiger partial charge is 0.307 e. The van der Waals surface area contributed by atoms with Crippen LogP contribution < -0.4 is 5.32 Å². The molecule has 0 amide bonds. The highest BCUT2D eigenvalue weighted by molar-refractivity contribution is 9.08. The minimum absolute atomic E-state index is 0.124. The van der Waals surface area contributed by atoms with Crippen LogP contribution in [-0.2, 0) is 19.7 Å². The van der Waals surface area contributed by atoms with Crippen LogP contribution in [0.2, 0.25) is 0 Å². The third-order valence-corrected chi connectivity index (χ3v) is 3.70. The summed E-state index contributed by atoms with van der Waals surface area (Å²) in [7, 11) is 0.